The van der Waals surface area contributed by atoms with Crippen molar-refractivity contribution in [3.8, 4) is 0 Å². The van der Waals surface area contributed by atoms with Gasteiger partial charge >= 0.3 is 11.9 Å². The van der Waals surface area contributed by atoms with Crippen LogP contribution in [0, 0.1) is 11.8 Å². The molecule has 2 heterocycles. The third-order valence-corrected chi connectivity index (χ3v) is 7.19. The lowest BCUT2D eigenvalue weighted by Crippen LogP contribution is -2.52. The molecule has 1 saturated heterocycles. The highest BCUT2D eigenvalue weighted by molar-refractivity contribution is 5.90. The molecule has 0 aromatic carbocycles. The maximum Gasteiger partial charge on any atom is 0.338 e. The Bertz CT molecular complexity index is 1260. The number of hydrogen-bond donors (Lipinski definition) is 4. The monoisotopic (exact) mass is 626 g/mol. The van der Waals surface area contributed by atoms with Crippen molar-refractivity contribution in [1.82, 2.24) is 0 Å². The number of carbonyl (C=O) groups is 2. The average Bonchev–Trinajstić information content (AvgIpc) is 3.05. The van der Waals surface area contributed by atoms with E-state index in [9.17, 15) is 30.0 Å². The summed E-state index contributed by atoms with van der Waals surface area (Å²) in [5.74, 6) is -1.62. The number of allylic oxidation sites excluding steroid dienone is 14. The molecule has 0 radical (unpaired) electrons. The minimum absolute atomic E-state index is 0.0491. The molecular weight excluding hydrogens is 580 g/mol. The fraction of sp³-hybridized carbons (Fsp3) is 0.429. The van der Waals surface area contributed by atoms with E-state index in [0.29, 0.717) is 11.5 Å². The summed E-state index contributed by atoms with van der Waals surface area (Å²) >= 11 is 0. The molecule has 2 aliphatic rings. The van der Waals surface area contributed by atoms with E-state index >= 15 is 0 Å². The lowest BCUT2D eigenvalue weighted by Gasteiger charge is -2.34. The molecule has 0 amide bonds. The predicted octanol–water partition coefficient (Wildman–Crippen LogP) is 5.16. The highest BCUT2D eigenvalue weighted by atomic mass is 17.2. The normalized spacial score (nSPS) is 26.5. The zero-order valence-corrected chi connectivity index (χ0v) is 26.5. The highest BCUT2D eigenvalue weighted by Gasteiger charge is 2.51. The second kappa shape index (κ2) is 19.6. The van der Waals surface area contributed by atoms with Gasteiger partial charge in [-0.25, -0.2) is 19.4 Å². The van der Waals surface area contributed by atoms with E-state index in [1.54, 1.807) is 36.5 Å². The van der Waals surface area contributed by atoms with E-state index in [1.807, 2.05) is 56.4 Å². The maximum atomic E-state index is 11.9. The average molecular weight is 627 g/mol. The Morgan fingerprint density at radius 1 is 0.911 bits per heavy atom. The van der Waals surface area contributed by atoms with Gasteiger partial charge < -0.3 is 29.9 Å². The molecular formula is C35H46O10. The van der Waals surface area contributed by atoms with Gasteiger partial charge in [-0.1, -0.05) is 106 Å². The van der Waals surface area contributed by atoms with Gasteiger partial charge in [0.2, 0.25) is 0 Å². The van der Waals surface area contributed by atoms with Crippen molar-refractivity contribution in [2.75, 3.05) is 13.7 Å². The van der Waals surface area contributed by atoms with Crippen LogP contribution in [-0.2, 0) is 28.8 Å². The molecule has 45 heavy (non-hydrogen) atoms. The molecule has 1 fully saturated rings. The van der Waals surface area contributed by atoms with E-state index in [2.05, 4.69) is 13.8 Å². The van der Waals surface area contributed by atoms with Gasteiger partial charge in [0.1, 0.15) is 29.6 Å². The lowest BCUT2D eigenvalue weighted by atomic mass is 9.91. The van der Waals surface area contributed by atoms with Crippen molar-refractivity contribution in [3.63, 3.8) is 0 Å². The highest BCUT2D eigenvalue weighted by Crippen LogP contribution is 2.34. The van der Waals surface area contributed by atoms with Crippen LogP contribution in [0.25, 0.3) is 0 Å². The second-order valence-corrected chi connectivity index (χ2v) is 11.1. The first-order valence-electron chi connectivity index (χ1n) is 15.0. The number of aliphatic hydroxyl groups is 2. The number of fused-ring (bicyclic) bond motifs is 2. The SMILES string of the molecule is CCC(C)CC(C)/C=C(/C=C(C)/C=C/C=C/C=C/C=C/C=C/C=C/C1=C(C(=O)O)C2OOC(COC)C(O)C(O1)C2O)C(=O)O. The minimum Gasteiger partial charge on any atom is -0.484 e. The van der Waals surface area contributed by atoms with Crippen molar-refractivity contribution in [1.29, 1.82) is 0 Å². The van der Waals surface area contributed by atoms with Gasteiger partial charge in [0, 0.05) is 7.11 Å². The number of rotatable bonds is 16. The van der Waals surface area contributed by atoms with Gasteiger partial charge in [0.15, 0.2) is 12.2 Å². The van der Waals surface area contributed by atoms with Crippen LogP contribution in [0.3, 0.4) is 0 Å². The summed E-state index contributed by atoms with van der Waals surface area (Å²) in [5, 5.41) is 40.4. The van der Waals surface area contributed by atoms with Gasteiger partial charge in [0.05, 0.1) is 12.2 Å². The standard InChI is InChI=1S/C35H46O10/c1-6-23(2)19-25(4)21-26(34(38)39)20-24(3)17-15-13-11-9-7-8-10-12-14-16-18-27-29(35(40)41)32-31(37)33(43-27)30(36)28(22-42-5)44-45-32/h7-18,20-21,23,25,28,30-33,36-37H,6,19,22H2,1-5H3,(H,38,39)(H,40,41)/b9-7+,10-8+,13-11+,14-12+,17-15+,18-16+,24-20+,26-21-. The minimum atomic E-state index is -1.46. The molecule has 2 aliphatic heterocycles. The molecule has 2 rings (SSSR count). The number of ether oxygens (including phenoxy) is 2. The van der Waals surface area contributed by atoms with Crippen LogP contribution in [0.5, 0.6) is 0 Å². The van der Waals surface area contributed by atoms with Crippen LogP contribution in [-0.4, -0.2) is 76.6 Å². The van der Waals surface area contributed by atoms with Crippen LogP contribution in [0.4, 0.5) is 0 Å². The van der Waals surface area contributed by atoms with Gasteiger partial charge in [-0.3, -0.25) is 0 Å². The molecule has 7 unspecified atom stereocenters. The molecule has 246 valence electrons. The largest absolute Gasteiger partial charge is 0.484 e. The molecule has 10 nitrogen and oxygen atoms in total. The maximum absolute atomic E-state index is 11.9. The third-order valence-electron chi connectivity index (χ3n) is 7.19. The zero-order chi connectivity index (χ0) is 33.4. The summed E-state index contributed by atoms with van der Waals surface area (Å²) in [4.78, 5) is 33.9. The Hall–Kier alpha value is -3.80. The van der Waals surface area contributed by atoms with Crippen molar-refractivity contribution < 1.29 is 49.3 Å². The van der Waals surface area contributed by atoms with Gasteiger partial charge in [-0.2, -0.15) is 0 Å². The summed E-state index contributed by atoms with van der Waals surface area (Å²) in [6, 6.07) is 0. The molecule has 0 saturated carbocycles. The first-order valence-corrected chi connectivity index (χ1v) is 15.0. The van der Waals surface area contributed by atoms with Crippen LogP contribution < -0.4 is 0 Å². The van der Waals surface area contributed by atoms with E-state index in [0.717, 1.165) is 18.4 Å². The van der Waals surface area contributed by atoms with Gasteiger partial charge in [-0.05, 0) is 37.3 Å². The van der Waals surface area contributed by atoms with Crippen molar-refractivity contribution in [2.45, 2.75) is 71.1 Å². The molecule has 7 atom stereocenters. The Morgan fingerprint density at radius 2 is 1.51 bits per heavy atom. The first-order chi connectivity index (χ1) is 21.5. The Balaban J connectivity index is 1.94. The summed E-state index contributed by atoms with van der Waals surface area (Å²) in [6.07, 6.45) is 20.2. The zero-order valence-electron chi connectivity index (χ0n) is 26.5. The lowest BCUT2D eigenvalue weighted by molar-refractivity contribution is -0.356. The van der Waals surface area contributed by atoms with E-state index in [-0.39, 0.29) is 23.9 Å². The van der Waals surface area contributed by atoms with Crippen LogP contribution in [0.15, 0.2) is 108 Å². The van der Waals surface area contributed by atoms with Crippen LogP contribution in [0.1, 0.15) is 40.5 Å². The molecule has 0 spiro atoms. The Morgan fingerprint density at radius 3 is 2.07 bits per heavy atom. The number of carboxylic acids is 2. The number of carboxylic acid groups (broad SMARTS) is 2. The molecule has 10 heteroatoms. The summed E-state index contributed by atoms with van der Waals surface area (Å²) in [6.45, 7) is 8.16. The second-order valence-electron chi connectivity index (χ2n) is 11.1. The van der Waals surface area contributed by atoms with E-state index in [4.69, 9.17) is 19.2 Å². The summed E-state index contributed by atoms with van der Waals surface area (Å²) in [7, 11) is 1.40. The topological polar surface area (TPSA) is 152 Å². The Labute approximate surface area is 265 Å². The molecule has 0 aliphatic carbocycles. The fourth-order valence-corrected chi connectivity index (χ4v) is 4.70. The van der Waals surface area contributed by atoms with Crippen molar-refractivity contribution in [3.05, 3.63) is 108 Å². The molecule has 2 bridgehead atoms. The predicted molar refractivity (Wildman–Crippen MR) is 171 cm³/mol. The summed E-state index contributed by atoms with van der Waals surface area (Å²) < 4.78 is 10.7. The fourth-order valence-electron chi connectivity index (χ4n) is 4.70. The number of aliphatic carboxylic acids is 2. The van der Waals surface area contributed by atoms with Crippen molar-refractivity contribution in [2.24, 2.45) is 11.8 Å². The number of methoxy groups -OCH3 is 1. The van der Waals surface area contributed by atoms with Gasteiger partial charge in [0.25, 0.3) is 0 Å². The quantitative estimate of drug-likeness (QED) is 0.103. The molecule has 0 aromatic heterocycles. The third kappa shape index (κ3) is 12.3. The Kier molecular flexibility index (Phi) is 16.2. The van der Waals surface area contributed by atoms with Crippen LogP contribution >= 0.6 is 0 Å². The van der Waals surface area contributed by atoms with E-state index in [1.165, 1.54) is 13.2 Å². The summed E-state index contributed by atoms with van der Waals surface area (Å²) in [5.41, 5.74) is 0.799. The smallest absolute Gasteiger partial charge is 0.338 e. The first kappa shape index (κ1) is 37.4. The van der Waals surface area contributed by atoms with E-state index < -0.39 is 42.5 Å². The van der Waals surface area contributed by atoms with Crippen molar-refractivity contribution >= 4 is 11.9 Å². The molecule has 0 aromatic rings. The number of aliphatic hydroxyl groups excluding tert-OH is 2. The molecule has 4 N–H and O–H groups in total. The van der Waals surface area contributed by atoms with Gasteiger partial charge in [-0.15, -0.1) is 0 Å². The number of hydrogen-bond acceptors (Lipinski definition) is 8. The van der Waals surface area contributed by atoms with Crippen LogP contribution in [0.2, 0.25) is 0 Å².